The number of phenols is 1. The number of hydrogen-bond acceptors (Lipinski definition) is 3. The van der Waals surface area contributed by atoms with Crippen molar-refractivity contribution in [1.29, 1.82) is 0 Å². The third kappa shape index (κ3) is 5.95. The van der Waals surface area contributed by atoms with Crippen LogP contribution in [-0.4, -0.2) is 27.7 Å². The van der Waals surface area contributed by atoms with Gasteiger partial charge in [-0.25, -0.2) is 4.98 Å². The predicted molar refractivity (Wildman–Crippen MR) is 164 cm³/mol. The number of benzene rings is 3. The van der Waals surface area contributed by atoms with Crippen molar-refractivity contribution < 1.29 is 26.2 Å². The van der Waals surface area contributed by atoms with E-state index >= 15 is 0 Å². The summed E-state index contributed by atoms with van der Waals surface area (Å²) in [5.41, 5.74) is 7.70. The zero-order chi connectivity index (χ0) is 26.5. The van der Waals surface area contributed by atoms with Gasteiger partial charge in [0.15, 0.2) is 0 Å². The van der Waals surface area contributed by atoms with Gasteiger partial charge in [-0.05, 0) is 28.8 Å². The first-order valence-corrected chi connectivity index (χ1v) is 16.2. The van der Waals surface area contributed by atoms with Crippen LogP contribution >= 0.6 is 0 Å². The Hall–Kier alpha value is -3.01. The van der Waals surface area contributed by atoms with Crippen molar-refractivity contribution in [3.8, 4) is 39.5 Å². The summed E-state index contributed by atoms with van der Waals surface area (Å²) in [4.78, 5) is 9.88. The summed E-state index contributed by atoms with van der Waals surface area (Å²) >= 11 is 0. The fourth-order valence-electron chi connectivity index (χ4n) is 4.62. The van der Waals surface area contributed by atoms with Crippen LogP contribution in [-0.2, 0) is 33.5 Å². The van der Waals surface area contributed by atoms with Crippen LogP contribution < -0.4 is 5.19 Å². The van der Waals surface area contributed by atoms with Crippen LogP contribution in [0.4, 0.5) is 0 Å². The van der Waals surface area contributed by atoms with E-state index < -0.39 is 8.07 Å². The summed E-state index contributed by atoms with van der Waals surface area (Å²) in [6.07, 6.45) is 2.04. The van der Waals surface area contributed by atoms with Crippen molar-refractivity contribution in [3.05, 3.63) is 84.6 Å². The van der Waals surface area contributed by atoms with Gasteiger partial charge in [0.25, 0.3) is 0 Å². The van der Waals surface area contributed by atoms with Crippen LogP contribution in [0.3, 0.4) is 0 Å². The number of aromatic hydroxyl groups is 1. The normalized spacial score (nSPS) is 11.7. The maximum absolute atomic E-state index is 10.5. The molecule has 2 heterocycles. The molecule has 5 aromatic rings. The van der Waals surface area contributed by atoms with Gasteiger partial charge < -0.3 is 9.67 Å². The Morgan fingerprint density at radius 1 is 0.872 bits per heavy atom. The van der Waals surface area contributed by atoms with E-state index in [0.29, 0.717) is 5.56 Å². The first kappa shape index (κ1) is 30.5. The third-order valence-electron chi connectivity index (χ3n) is 6.99. The zero-order valence-corrected chi connectivity index (χ0v) is 26.3. The summed E-state index contributed by atoms with van der Waals surface area (Å²) in [6.45, 7) is 13.7. The van der Waals surface area contributed by atoms with Crippen molar-refractivity contribution in [2.24, 2.45) is 7.05 Å². The molecular formula is C33H38N3OPtSi-. The van der Waals surface area contributed by atoms with Crippen molar-refractivity contribution in [3.63, 3.8) is 0 Å². The molecule has 0 spiro atoms. The molecule has 0 aliphatic heterocycles. The standard InChI is InChI=1S/C32H34N3OSi.CH4.Pt/c1-32(2,3)23-18-21(17-22(19-23)27-16-15-24(20-33-27)37(5,6)7)25-12-10-13-28-30(25)34-31(35(28)4)26-11-8-9-14-29(26)36;;/h8-16,18-20,36H,1-7H3;1H4;/q-1;;. The average Bonchev–Trinajstić information content (AvgIpc) is 3.19. The maximum atomic E-state index is 10.5. The minimum absolute atomic E-state index is 0. The Balaban J connectivity index is 0.00000210. The Bertz CT molecular complexity index is 1610. The quantitative estimate of drug-likeness (QED) is 0.152. The van der Waals surface area contributed by atoms with Gasteiger partial charge in [0.1, 0.15) is 11.6 Å². The van der Waals surface area contributed by atoms with E-state index in [1.54, 1.807) is 6.07 Å². The molecule has 206 valence electrons. The Labute approximate surface area is 248 Å². The van der Waals surface area contributed by atoms with E-state index in [-0.39, 0.29) is 39.7 Å². The van der Waals surface area contributed by atoms with E-state index in [9.17, 15) is 5.11 Å². The van der Waals surface area contributed by atoms with Crippen LogP contribution in [0, 0.1) is 6.07 Å². The monoisotopic (exact) mass is 715 g/mol. The van der Waals surface area contributed by atoms with E-state index in [0.717, 1.165) is 39.2 Å². The predicted octanol–water partition coefficient (Wildman–Crippen LogP) is 7.95. The molecule has 0 aliphatic rings. The Morgan fingerprint density at radius 2 is 1.54 bits per heavy atom. The second kappa shape index (κ2) is 11.2. The minimum Gasteiger partial charge on any atom is -0.507 e. The van der Waals surface area contributed by atoms with Crippen LogP contribution in [0.5, 0.6) is 5.75 Å². The number of hydrogen-bond donors (Lipinski definition) is 1. The smallest absolute Gasteiger partial charge is 0.143 e. The third-order valence-corrected chi connectivity index (χ3v) is 9.01. The number of rotatable bonds is 4. The summed E-state index contributed by atoms with van der Waals surface area (Å²) in [5.74, 6) is 0.954. The summed E-state index contributed by atoms with van der Waals surface area (Å²) in [5, 5.41) is 11.8. The van der Waals surface area contributed by atoms with Crippen molar-refractivity contribution in [2.45, 2.75) is 53.3 Å². The van der Waals surface area contributed by atoms with Crippen LogP contribution in [0.2, 0.25) is 19.6 Å². The van der Waals surface area contributed by atoms with Gasteiger partial charge in [-0.3, -0.25) is 4.98 Å². The molecule has 0 saturated carbocycles. The number of aromatic nitrogens is 3. The topological polar surface area (TPSA) is 50.9 Å². The van der Waals surface area contributed by atoms with E-state index in [1.165, 1.54) is 10.8 Å². The number of nitrogens with zero attached hydrogens (tertiary/aromatic N) is 3. The maximum Gasteiger partial charge on any atom is 0.143 e. The molecule has 39 heavy (non-hydrogen) atoms. The molecule has 0 unspecified atom stereocenters. The second-order valence-corrected chi connectivity index (χ2v) is 16.9. The van der Waals surface area contributed by atoms with Gasteiger partial charge >= 0.3 is 0 Å². The van der Waals surface area contributed by atoms with E-state index in [2.05, 4.69) is 88.9 Å². The minimum atomic E-state index is -1.43. The summed E-state index contributed by atoms with van der Waals surface area (Å²) in [7, 11) is 0.563. The van der Waals surface area contributed by atoms with Crippen LogP contribution in [0.25, 0.3) is 44.8 Å². The van der Waals surface area contributed by atoms with E-state index in [1.807, 2.05) is 36.0 Å². The molecule has 0 atom stereocenters. The fraction of sp³-hybridized carbons (Fsp3) is 0.273. The molecule has 0 amide bonds. The second-order valence-electron chi connectivity index (χ2n) is 11.8. The first-order chi connectivity index (χ1) is 17.4. The van der Waals surface area contributed by atoms with Crippen LogP contribution in [0.1, 0.15) is 33.8 Å². The number of para-hydroxylation sites is 2. The van der Waals surface area contributed by atoms with Crippen molar-refractivity contribution >= 4 is 24.3 Å². The number of pyridine rings is 1. The Kier molecular flexibility index (Phi) is 8.79. The van der Waals surface area contributed by atoms with Gasteiger partial charge in [-0.2, -0.15) is 0 Å². The largest absolute Gasteiger partial charge is 0.507 e. The first-order valence-electron chi connectivity index (χ1n) is 12.7. The molecule has 0 saturated heterocycles. The van der Waals surface area contributed by atoms with Gasteiger partial charge in [0, 0.05) is 40.0 Å². The van der Waals surface area contributed by atoms with Crippen LogP contribution in [0.15, 0.2) is 72.9 Å². The molecule has 4 nitrogen and oxygen atoms in total. The molecule has 0 bridgehead atoms. The van der Waals surface area contributed by atoms with Crippen molar-refractivity contribution in [2.75, 3.05) is 0 Å². The van der Waals surface area contributed by atoms with Gasteiger partial charge in [-0.15, -0.1) is 29.3 Å². The number of aryl methyl sites for hydroxylation is 1. The molecule has 0 fully saturated rings. The molecule has 3 aromatic carbocycles. The van der Waals surface area contributed by atoms with E-state index in [4.69, 9.17) is 9.97 Å². The SMILES string of the molecule is C.Cn1c(-c2ccccc2O)nc2c(-c3[c-]c(-c4ccc([Si](C)(C)C)cn4)cc(C(C)(C)C)c3)cccc21.[Pt]. The molecule has 1 N–H and O–H groups in total. The molecule has 0 aliphatic carbocycles. The molecular weight excluding hydrogens is 678 g/mol. The van der Waals surface area contributed by atoms with Gasteiger partial charge in [0.2, 0.25) is 0 Å². The zero-order valence-electron chi connectivity index (χ0n) is 23.0. The molecule has 5 rings (SSSR count). The van der Waals surface area contributed by atoms with Crippen molar-refractivity contribution in [1.82, 2.24) is 14.5 Å². The molecule has 0 radical (unpaired) electrons. The molecule has 2 aromatic heterocycles. The Morgan fingerprint density at radius 3 is 2.15 bits per heavy atom. The summed E-state index contributed by atoms with van der Waals surface area (Å²) in [6, 6.07) is 26.0. The molecule has 6 heteroatoms. The summed E-state index contributed by atoms with van der Waals surface area (Å²) < 4.78 is 2.04. The van der Waals surface area contributed by atoms with Gasteiger partial charge in [-0.1, -0.05) is 95.4 Å². The average molecular weight is 716 g/mol. The van der Waals surface area contributed by atoms with Gasteiger partial charge in [0.05, 0.1) is 24.7 Å². The fourth-order valence-corrected chi connectivity index (χ4v) is 5.65. The number of fused-ring (bicyclic) bond motifs is 1. The number of phenolic OH excluding ortho intramolecular Hbond substituents is 1. The number of imidazole rings is 1.